The van der Waals surface area contributed by atoms with E-state index >= 15 is 0 Å². The quantitative estimate of drug-likeness (QED) is 0.374. The molecule has 0 aliphatic carbocycles. The number of benzene rings is 1. The molecule has 17 heavy (non-hydrogen) atoms. The van der Waals surface area contributed by atoms with Crippen molar-refractivity contribution in [3.8, 4) is 0 Å². The van der Waals surface area contributed by atoms with Crippen LogP contribution in [0.15, 0.2) is 30.3 Å². The second-order valence-electron chi connectivity index (χ2n) is 4.74. The van der Waals surface area contributed by atoms with E-state index in [0.717, 1.165) is 0 Å². The topological polar surface area (TPSA) is 86.2 Å². The maximum absolute atomic E-state index is 11.8. The summed E-state index contributed by atoms with van der Waals surface area (Å²) in [5.41, 5.74) is 0.0415. The standard InChI is InChI=1S/C11H16N2O3S/c1-11(2,3)10(13(14)17(12,15)16)9-7-5-4-6-8-9/h4-8H,1-3H3,(H2,12,15,16). The summed E-state index contributed by atoms with van der Waals surface area (Å²) in [5, 5.41) is 16.7. The van der Waals surface area contributed by atoms with E-state index in [1.807, 2.05) is 0 Å². The van der Waals surface area contributed by atoms with Crippen LogP contribution < -0.4 is 5.14 Å². The van der Waals surface area contributed by atoms with Crippen LogP contribution in [0.4, 0.5) is 0 Å². The molecule has 0 spiro atoms. The van der Waals surface area contributed by atoms with Gasteiger partial charge in [0.25, 0.3) is 0 Å². The minimum atomic E-state index is -4.29. The van der Waals surface area contributed by atoms with E-state index in [2.05, 4.69) is 0 Å². The van der Waals surface area contributed by atoms with E-state index in [1.54, 1.807) is 51.1 Å². The zero-order chi connectivity index (χ0) is 13.3. The van der Waals surface area contributed by atoms with Gasteiger partial charge in [-0.3, -0.25) is 0 Å². The number of hydrogen-bond acceptors (Lipinski definition) is 3. The van der Waals surface area contributed by atoms with E-state index in [0.29, 0.717) is 5.56 Å². The highest BCUT2D eigenvalue weighted by molar-refractivity contribution is 7.83. The van der Waals surface area contributed by atoms with Crippen LogP contribution in [-0.4, -0.2) is 18.3 Å². The zero-order valence-electron chi connectivity index (χ0n) is 10.0. The molecule has 0 radical (unpaired) electrons. The lowest BCUT2D eigenvalue weighted by atomic mass is 9.86. The molecule has 0 fully saturated rings. The first kappa shape index (κ1) is 13.7. The summed E-state index contributed by atoms with van der Waals surface area (Å²) < 4.78 is 22.2. The van der Waals surface area contributed by atoms with Gasteiger partial charge in [-0.05, 0) is 12.1 Å². The van der Waals surface area contributed by atoms with Gasteiger partial charge in [0, 0.05) is 11.0 Å². The second-order valence-corrected chi connectivity index (χ2v) is 6.10. The van der Waals surface area contributed by atoms with E-state index in [-0.39, 0.29) is 9.86 Å². The molecule has 0 aliphatic heterocycles. The van der Waals surface area contributed by atoms with Gasteiger partial charge in [-0.25, -0.2) is 0 Å². The zero-order valence-corrected chi connectivity index (χ0v) is 10.9. The van der Waals surface area contributed by atoms with Crippen molar-refractivity contribution in [3.63, 3.8) is 0 Å². The van der Waals surface area contributed by atoms with Crippen molar-refractivity contribution in [1.82, 2.24) is 0 Å². The van der Waals surface area contributed by atoms with Gasteiger partial charge in [0.15, 0.2) is 0 Å². The minimum Gasteiger partial charge on any atom is -0.607 e. The van der Waals surface area contributed by atoms with E-state index < -0.39 is 15.6 Å². The molecule has 0 amide bonds. The molecule has 0 saturated carbocycles. The van der Waals surface area contributed by atoms with Gasteiger partial charge in [0.05, 0.1) is 0 Å². The fourth-order valence-electron chi connectivity index (χ4n) is 1.54. The number of nitrogens with two attached hydrogens (primary N) is 1. The van der Waals surface area contributed by atoms with Gasteiger partial charge >= 0.3 is 10.2 Å². The lowest BCUT2D eigenvalue weighted by Crippen LogP contribution is -2.36. The van der Waals surface area contributed by atoms with Crippen molar-refractivity contribution in [1.29, 1.82) is 0 Å². The molecule has 2 N–H and O–H groups in total. The summed E-state index contributed by atoms with van der Waals surface area (Å²) in [6, 6.07) is 8.61. The van der Waals surface area contributed by atoms with Crippen LogP contribution in [-0.2, 0) is 10.2 Å². The molecule has 1 rings (SSSR count). The smallest absolute Gasteiger partial charge is 0.448 e. The molecule has 1 aromatic rings. The number of rotatable bonds is 2. The molecule has 5 nitrogen and oxygen atoms in total. The molecular formula is C11H16N2O3S. The van der Waals surface area contributed by atoms with Crippen LogP contribution in [0.25, 0.3) is 0 Å². The minimum absolute atomic E-state index is 0.109. The Morgan fingerprint density at radius 2 is 1.71 bits per heavy atom. The first-order valence-electron chi connectivity index (χ1n) is 5.07. The summed E-state index contributed by atoms with van der Waals surface area (Å²) in [6.45, 7) is 5.27. The van der Waals surface area contributed by atoms with E-state index in [9.17, 15) is 13.6 Å². The fraction of sp³-hybridized carbons (Fsp3) is 0.364. The molecule has 1 aromatic carbocycles. The fourth-order valence-corrected chi connectivity index (χ4v) is 2.17. The SMILES string of the molecule is CC(C)(C)C(c1ccccc1)=[N+]([O-])S(N)(=O)=O. The highest BCUT2D eigenvalue weighted by Crippen LogP contribution is 2.22. The molecule has 0 aliphatic rings. The van der Waals surface area contributed by atoms with Crippen LogP contribution in [0.3, 0.4) is 0 Å². The van der Waals surface area contributed by atoms with Gasteiger partial charge in [-0.1, -0.05) is 43.1 Å². The number of nitrogens with zero attached hydrogens (tertiary/aromatic N) is 1. The lowest BCUT2D eigenvalue weighted by Gasteiger charge is -2.20. The molecule has 6 heteroatoms. The third-order valence-corrected chi connectivity index (χ3v) is 2.82. The lowest BCUT2D eigenvalue weighted by molar-refractivity contribution is -0.285. The molecule has 0 unspecified atom stereocenters. The molecule has 0 bridgehead atoms. The Morgan fingerprint density at radius 1 is 1.24 bits per heavy atom. The van der Waals surface area contributed by atoms with Crippen molar-refractivity contribution in [3.05, 3.63) is 41.1 Å². The van der Waals surface area contributed by atoms with Crippen LogP contribution in [0, 0.1) is 10.6 Å². The van der Waals surface area contributed by atoms with Gasteiger partial charge in [-0.15, -0.1) is 8.42 Å². The van der Waals surface area contributed by atoms with Crippen LogP contribution in [0.2, 0.25) is 0 Å². The molecule has 0 atom stereocenters. The highest BCUT2D eigenvalue weighted by Gasteiger charge is 2.32. The van der Waals surface area contributed by atoms with Gasteiger partial charge < -0.3 is 5.21 Å². The third-order valence-electron chi connectivity index (χ3n) is 2.17. The summed E-state index contributed by atoms with van der Waals surface area (Å²) in [4.78, 5) is 0. The highest BCUT2D eigenvalue weighted by atomic mass is 32.2. The molecule has 0 aromatic heterocycles. The molecule has 0 saturated heterocycles. The predicted molar refractivity (Wildman–Crippen MR) is 66.7 cm³/mol. The molecular weight excluding hydrogens is 240 g/mol. The van der Waals surface area contributed by atoms with Gasteiger partial charge in [-0.2, -0.15) is 5.14 Å². The average molecular weight is 256 g/mol. The Bertz CT molecular complexity index is 528. The first-order chi connectivity index (χ1) is 7.64. The van der Waals surface area contributed by atoms with Crippen molar-refractivity contribution < 1.29 is 12.6 Å². The maximum atomic E-state index is 11.8. The second kappa shape index (κ2) is 4.46. The Labute approximate surface area is 101 Å². The van der Waals surface area contributed by atoms with E-state index in [1.165, 1.54) is 0 Å². The van der Waals surface area contributed by atoms with Gasteiger partial charge in [0.2, 0.25) is 5.71 Å². The van der Waals surface area contributed by atoms with Crippen LogP contribution in [0.1, 0.15) is 26.3 Å². The molecule has 0 heterocycles. The largest absolute Gasteiger partial charge is 0.607 e. The summed E-state index contributed by atoms with van der Waals surface area (Å²) in [5.74, 6) is 0. The number of hydrogen-bond donors (Lipinski definition) is 1. The maximum Gasteiger partial charge on any atom is 0.448 e. The first-order valence-corrected chi connectivity index (χ1v) is 6.57. The van der Waals surface area contributed by atoms with Crippen LogP contribution in [0.5, 0.6) is 0 Å². The summed E-state index contributed by atoms with van der Waals surface area (Å²) in [6.07, 6.45) is 0. The van der Waals surface area contributed by atoms with Crippen molar-refractivity contribution >= 4 is 15.9 Å². The third kappa shape index (κ3) is 3.28. The van der Waals surface area contributed by atoms with Crippen molar-refractivity contribution in [2.45, 2.75) is 20.8 Å². The van der Waals surface area contributed by atoms with Crippen molar-refractivity contribution in [2.75, 3.05) is 0 Å². The van der Waals surface area contributed by atoms with Gasteiger partial charge in [0.1, 0.15) is 0 Å². The van der Waals surface area contributed by atoms with Crippen molar-refractivity contribution in [2.24, 2.45) is 10.6 Å². The molecule has 94 valence electrons. The average Bonchev–Trinajstić information content (AvgIpc) is 2.15. The summed E-state index contributed by atoms with van der Waals surface area (Å²) >= 11 is 0. The Kier molecular flexibility index (Phi) is 3.59. The monoisotopic (exact) mass is 256 g/mol. The summed E-state index contributed by atoms with van der Waals surface area (Å²) in [7, 11) is -4.29. The van der Waals surface area contributed by atoms with E-state index in [4.69, 9.17) is 5.14 Å². The predicted octanol–water partition coefficient (Wildman–Crippen LogP) is 1.24. The van der Waals surface area contributed by atoms with Crippen LogP contribution >= 0.6 is 0 Å². The Balaban J connectivity index is 3.56. The normalized spacial score (nSPS) is 14.4. The Hall–Kier alpha value is -1.40. The Morgan fingerprint density at radius 3 is 2.06 bits per heavy atom.